The van der Waals surface area contributed by atoms with Gasteiger partial charge in [0.1, 0.15) is 23.1 Å². The molecule has 1 amide bonds. The molecule has 6 nitrogen and oxygen atoms in total. The molecule has 0 aliphatic heterocycles. The van der Waals surface area contributed by atoms with Crippen LogP contribution in [0.5, 0.6) is 17.2 Å². The number of hydrogen-bond acceptors (Lipinski definition) is 4. The molecule has 0 fully saturated rings. The number of halogens is 2. The van der Waals surface area contributed by atoms with Crippen molar-refractivity contribution in [2.75, 3.05) is 21.3 Å². The second kappa shape index (κ2) is 7.75. The fourth-order valence-corrected chi connectivity index (χ4v) is 3.06. The van der Waals surface area contributed by atoms with Crippen molar-refractivity contribution in [2.24, 2.45) is 0 Å². The molecule has 2 N–H and O–H groups in total. The highest BCUT2D eigenvalue weighted by atomic mass is 19.1. The molecule has 0 saturated heterocycles. The zero-order chi connectivity index (χ0) is 20.4. The lowest BCUT2D eigenvalue weighted by molar-refractivity contribution is 0.0935. The number of ether oxygens (including phenoxy) is 3. The standard InChI is InChI=1S/C20H20F2N2O4/c1-10(12-6-5-11(21)7-14(12)22)23-20(25)15-8-13-16(26-2)9-17(27-3)19(28-4)18(13)24-15/h5-10,24H,1-4H3,(H,23,25). The van der Waals surface area contributed by atoms with Gasteiger partial charge in [-0.15, -0.1) is 0 Å². The molecule has 0 radical (unpaired) electrons. The van der Waals surface area contributed by atoms with Crippen LogP contribution in [0.4, 0.5) is 8.78 Å². The van der Waals surface area contributed by atoms with E-state index in [1.54, 1.807) is 19.1 Å². The smallest absolute Gasteiger partial charge is 0.268 e. The van der Waals surface area contributed by atoms with Crippen LogP contribution >= 0.6 is 0 Å². The summed E-state index contributed by atoms with van der Waals surface area (Å²) in [5.74, 6) is -0.491. The molecule has 8 heteroatoms. The average Bonchev–Trinajstić information content (AvgIpc) is 3.11. The molecule has 0 bridgehead atoms. The highest BCUT2D eigenvalue weighted by molar-refractivity contribution is 6.02. The summed E-state index contributed by atoms with van der Waals surface area (Å²) < 4.78 is 43.1. The Morgan fingerprint density at radius 1 is 1.04 bits per heavy atom. The number of aromatic amines is 1. The Balaban J connectivity index is 1.95. The Morgan fingerprint density at radius 2 is 1.75 bits per heavy atom. The van der Waals surface area contributed by atoms with Crippen molar-refractivity contribution >= 4 is 16.8 Å². The molecule has 1 aromatic heterocycles. The minimum absolute atomic E-state index is 0.183. The molecule has 3 rings (SSSR count). The summed E-state index contributed by atoms with van der Waals surface area (Å²) in [6, 6.07) is 5.83. The second-order valence-corrected chi connectivity index (χ2v) is 6.15. The van der Waals surface area contributed by atoms with E-state index in [0.29, 0.717) is 28.2 Å². The Bertz CT molecular complexity index is 1030. The number of amides is 1. The van der Waals surface area contributed by atoms with Crippen LogP contribution in [0.3, 0.4) is 0 Å². The van der Waals surface area contributed by atoms with Gasteiger partial charge in [0.05, 0.1) is 32.9 Å². The number of H-pyrrole nitrogens is 1. The minimum atomic E-state index is -0.725. The first-order chi connectivity index (χ1) is 13.4. The Morgan fingerprint density at radius 3 is 2.36 bits per heavy atom. The lowest BCUT2D eigenvalue weighted by atomic mass is 10.1. The molecule has 148 valence electrons. The maximum absolute atomic E-state index is 14.0. The fraction of sp³-hybridized carbons (Fsp3) is 0.250. The normalized spacial score (nSPS) is 11.9. The van der Waals surface area contributed by atoms with Gasteiger partial charge >= 0.3 is 0 Å². The zero-order valence-corrected chi connectivity index (χ0v) is 15.9. The van der Waals surface area contributed by atoms with Crippen LogP contribution in [-0.2, 0) is 0 Å². The number of aromatic nitrogens is 1. The summed E-state index contributed by atoms with van der Waals surface area (Å²) in [6.45, 7) is 1.61. The van der Waals surface area contributed by atoms with Crippen LogP contribution in [0.1, 0.15) is 29.0 Å². The van der Waals surface area contributed by atoms with Crippen LogP contribution in [-0.4, -0.2) is 32.2 Å². The van der Waals surface area contributed by atoms with E-state index in [1.165, 1.54) is 27.4 Å². The van der Waals surface area contributed by atoms with Gasteiger partial charge in [-0.2, -0.15) is 0 Å². The number of carbonyl (C=O) groups excluding carboxylic acids is 1. The number of nitrogens with one attached hydrogen (secondary N) is 2. The largest absolute Gasteiger partial charge is 0.496 e. The molecule has 1 heterocycles. The van der Waals surface area contributed by atoms with Gasteiger partial charge < -0.3 is 24.5 Å². The van der Waals surface area contributed by atoms with Gasteiger partial charge in [-0.05, 0) is 19.1 Å². The van der Waals surface area contributed by atoms with Gasteiger partial charge in [0.15, 0.2) is 11.5 Å². The predicted molar refractivity (Wildman–Crippen MR) is 100 cm³/mol. The van der Waals surface area contributed by atoms with E-state index in [9.17, 15) is 13.6 Å². The van der Waals surface area contributed by atoms with Gasteiger partial charge in [-0.25, -0.2) is 8.78 Å². The highest BCUT2D eigenvalue weighted by Crippen LogP contribution is 2.41. The van der Waals surface area contributed by atoms with Crippen molar-refractivity contribution in [3.8, 4) is 17.2 Å². The van der Waals surface area contributed by atoms with E-state index >= 15 is 0 Å². The van der Waals surface area contributed by atoms with Gasteiger partial charge in [0.2, 0.25) is 0 Å². The molecular formula is C20H20F2N2O4. The van der Waals surface area contributed by atoms with E-state index in [1.807, 2.05) is 0 Å². The van der Waals surface area contributed by atoms with Crippen molar-refractivity contribution < 1.29 is 27.8 Å². The highest BCUT2D eigenvalue weighted by Gasteiger charge is 2.21. The number of fused-ring (bicyclic) bond motifs is 1. The third kappa shape index (κ3) is 3.45. The van der Waals surface area contributed by atoms with E-state index in [4.69, 9.17) is 14.2 Å². The van der Waals surface area contributed by atoms with Crippen molar-refractivity contribution in [1.29, 1.82) is 0 Å². The van der Waals surface area contributed by atoms with E-state index in [2.05, 4.69) is 10.3 Å². The van der Waals surface area contributed by atoms with Crippen molar-refractivity contribution in [2.45, 2.75) is 13.0 Å². The summed E-state index contributed by atoms with van der Waals surface area (Å²) in [6.07, 6.45) is 0. The van der Waals surface area contributed by atoms with Crippen molar-refractivity contribution in [3.05, 3.63) is 53.2 Å². The molecule has 0 aliphatic carbocycles. The first-order valence-corrected chi connectivity index (χ1v) is 8.47. The van der Waals surface area contributed by atoms with Crippen LogP contribution in [0.2, 0.25) is 0 Å². The summed E-state index contributed by atoms with van der Waals surface area (Å²) in [5.41, 5.74) is 0.946. The Hall–Kier alpha value is -3.29. The van der Waals surface area contributed by atoms with Crippen molar-refractivity contribution in [1.82, 2.24) is 10.3 Å². The third-order valence-electron chi connectivity index (χ3n) is 4.46. The van der Waals surface area contributed by atoms with Crippen LogP contribution in [0, 0.1) is 11.6 Å². The number of rotatable bonds is 6. The number of methoxy groups -OCH3 is 3. The number of benzene rings is 2. The summed E-state index contributed by atoms with van der Waals surface area (Å²) in [4.78, 5) is 15.7. The van der Waals surface area contributed by atoms with E-state index < -0.39 is 23.6 Å². The van der Waals surface area contributed by atoms with Gasteiger partial charge in [0, 0.05) is 23.1 Å². The SMILES string of the molecule is COc1cc(OC)c2cc(C(=O)NC(C)c3ccc(F)cc3F)[nH]c2c1OC. The summed E-state index contributed by atoms with van der Waals surface area (Å²) >= 11 is 0. The fourth-order valence-electron chi connectivity index (χ4n) is 3.06. The molecular weight excluding hydrogens is 370 g/mol. The van der Waals surface area contributed by atoms with Crippen LogP contribution in [0.25, 0.3) is 10.9 Å². The maximum Gasteiger partial charge on any atom is 0.268 e. The molecule has 1 atom stereocenters. The first-order valence-electron chi connectivity index (χ1n) is 8.47. The van der Waals surface area contributed by atoms with Crippen LogP contribution < -0.4 is 19.5 Å². The molecule has 0 saturated carbocycles. The van der Waals surface area contributed by atoms with E-state index in [-0.39, 0.29) is 11.3 Å². The quantitative estimate of drug-likeness (QED) is 0.668. The molecule has 28 heavy (non-hydrogen) atoms. The average molecular weight is 390 g/mol. The lowest BCUT2D eigenvalue weighted by Gasteiger charge is -2.14. The lowest BCUT2D eigenvalue weighted by Crippen LogP contribution is -2.27. The molecule has 0 aliphatic rings. The Kier molecular flexibility index (Phi) is 5.39. The predicted octanol–water partition coefficient (Wildman–Crippen LogP) is 3.96. The Labute approximate surface area is 160 Å². The third-order valence-corrected chi connectivity index (χ3v) is 4.46. The monoisotopic (exact) mass is 390 g/mol. The maximum atomic E-state index is 14.0. The molecule has 3 aromatic rings. The van der Waals surface area contributed by atoms with E-state index in [0.717, 1.165) is 12.1 Å². The topological polar surface area (TPSA) is 72.6 Å². The van der Waals surface area contributed by atoms with Crippen LogP contribution in [0.15, 0.2) is 30.3 Å². The van der Waals surface area contributed by atoms with Gasteiger partial charge in [-0.3, -0.25) is 4.79 Å². The molecule has 1 unspecified atom stereocenters. The molecule has 0 spiro atoms. The minimum Gasteiger partial charge on any atom is -0.496 e. The van der Waals surface area contributed by atoms with Crippen molar-refractivity contribution in [3.63, 3.8) is 0 Å². The first kappa shape index (κ1) is 19.5. The summed E-state index contributed by atoms with van der Waals surface area (Å²) in [7, 11) is 4.50. The van der Waals surface area contributed by atoms with Gasteiger partial charge in [-0.1, -0.05) is 6.07 Å². The van der Waals surface area contributed by atoms with Gasteiger partial charge in [0.25, 0.3) is 5.91 Å². The summed E-state index contributed by atoms with van der Waals surface area (Å²) in [5, 5.41) is 3.32. The second-order valence-electron chi connectivity index (χ2n) is 6.15. The molecule has 2 aromatic carbocycles. The number of carbonyl (C=O) groups is 1. The number of hydrogen-bond donors (Lipinski definition) is 2. The zero-order valence-electron chi connectivity index (χ0n) is 15.9.